The number of nitrogens with one attached hydrogen (secondary N) is 2. The van der Waals surface area contributed by atoms with E-state index in [1.54, 1.807) is 37.4 Å². The molecule has 0 aliphatic carbocycles. The summed E-state index contributed by atoms with van der Waals surface area (Å²) in [5.74, 6) is -0.0600. The minimum Gasteiger partial charge on any atom is -0.495 e. The van der Waals surface area contributed by atoms with Gasteiger partial charge in [-0.05, 0) is 48.0 Å². The summed E-state index contributed by atoms with van der Waals surface area (Å²) in [5, 5.41) is 16.0. The van der Waals surface area contributed by atoms with E-state index >= 15 is 0 Å². The lowest BCUT2D eigenvalue weighted by Crippen LogP contribution is -2.19. The molecule has 0 radical (unpaired) electrons. The van der Waals surface area contributed by atoms with Gasteiger partial charge in [0.2, 0.25) is 5.91 Å². The molecule has 4 aromatic carbocycles. The van der Waals surface area contributed by atoms with Crippen LogP contribution >= 0.6 is 11.8 Å². The maximum absolute atomic E-state index is 13.4. The maximum Gasteiger partial charge on any atom is 0.269 e. The Kier molecular flexibility index (Phi) is 8.17. The molecule has 0 saturated carbocycles. The molecule has 0 aliphatic rings. The number of amides is 2. The monoisotopic (exact) mass is 513 g/mol. The molecule has 0 aliphatic heterocycles. The SMILES string of the molecule is COc1ccccc1NC(=O)C(Sc1cccc(NC(=O)c2ccc([N+](=O)[O-])cc2)c1)c1ccccc1. The lowest BCUT2D eigenvalue weighted by Gasteiger charge is -2.18. The van der Waals surface area contributed by atoms with Crippen molar-refractivity contribution in [2.24, 2.45) is 0 Å². The van der Waals surface area contributed by atoms with Gasteiger partial charge in [0.15, 0.2) is 0 Å². The Morgan fingerprint density at radius 3 is 2.27 bits per heavy atom. The van der Waals surface area contributed by atoms with Crippen molar-refractivity contribution in [3.63, 3.8) is 0 Å². The number of hydrogen-bond acceptors (Lipinski definition) is 6. The summed E-state index contributed by atoms with van der Waals surface area (Å²) in [6.07, 6.45) is 0. The second-order valence-electron chi connectivity index (χ2n) is 7.88. The average molecular weight is 514 g/mol. The number of para-hydroxylation sites is 2. The highest BCUT2D eigenvalue weighted by atomic mass is 32.2. The number of benzene rings is 4. The molecule has 4 aromatic rings. The van der Waals surface area contributed by atoms with Crippen LogP contribution in [0.4, 0.5) is 17.1 Å². The molecule has 0 aromatic heterocycles. The third-order valence-corrected chi connectivity index (χ3v) is 6.64. The van der Waals surface area contributed by atoms with E-state index in [0.717, 1.165) is 10.5 Å². The van der Waals surface area contributed by atoms with Crippen LogP contribution in [-0.2, 0) is 4.79 Å². The van der Waals surface area contributed by atoms with Crippen molar-refractivity contribution in [2.75, 3.05) is 17.7 Å². The Morgan fingerprint density at radius 1 is 0.865 bits per heavy atom. The normalized spacial score (nSPS) is 11.3. The minimum atomic E-state index is -0.577. The van der Waals surface area contributed by atoms with Gasteiger partial charge in [0.25, 0.3) is 11.6 Å². The zero-order valence-corrected chi connectivity index (χ0v) is 20.6. The molecule has 2 N–H and O–H groups in total. The van der Waals surface area contributed by atoms with Crippen molar-refractivity contribution in [3.8, 4) is 5.75 Å². The second-order valence-corrected chi connectivity index (χ2v) is 9.06. The number of nitrogens with zero attached hydrogens (tertiary/aromatic N) is 1. The Balaban J connectivity index is 1.53. The fraction of sp³-hybridized carbons (Fsp3) is 0.0714. The summed E-state index contributed by atoms with van der Waals surface area (Å²) in [7, 11) is 1.55. The average Bonchev–Trinajstić information content (AvgIpc) is 2.92. The first kappa shape index (κ1) is 25.5. The van der Waals surface area contributed by atoms with E-state index in [1.807, 2.05) is 48.5 Å². The number of ether oxygens (including phenoxy) is 1. The number of hydrogen-bond donors (Lipinski definition) is 2. The van der Waals surface area contributed by atoms with Gasteiger partial charge in [-0.3, -0.25) is 19.7 Å². The zero-order valence-electron chi connectivity index (χ0n) is 19.8. The Labute approximate surface area is 217 Å². The fourth-order valence-corrected chi connectivity index (χ4v) is 4.65. The van der Waals surface area contributed by atoms with Crippen LogP contribution in [0.2, 0.25) is 0 Å². The number of carbonyl (C=O) groups is 2. The van der Waals surface area contributed by atoms with Crippen LogP contribution in [0.1, 0.15) is 21.2 Å². The van der Waals surface area contributed by atoms with Gasteiger partial charge in [-0.25, -0.2) is 0 Å². The molecule has 2 amide bonds. The van der Waals surface area contributed by atoms with Crippen LogP contribution < -0.4 is 15.4 Å². The zero-order chi connectivity index (χ0) is 26.2. The summed E-state index contributed by atoms with van der Waals surface area (Å²) < 4.78 is 5.36. The van der Waals surface area contributed by atoms with Crippen molar-refractivity contribution < 1.29 is 19.2 Å². The molecule has 0 saturated heterocycles. The number of rotatable bonds is 9. The molecule has 37 heavy (non-hydrogen) atoms. The summed E-state index contributed by atoms with van der Waals surface area (Å²) in [4.78, 5) is 37.2. The van der Waals surface area contributed by atoms with Gasteiger partial charge in [0.1, 0.15) is 11.0 Å². The number of methoxy groups -OCH3 is 1. The molecular formula is C28H23N3O5S. The summed E-state index contributed by atoms with van der Waals surface area (Å²) in [6, 6.07) is 29.1. The minimum absolute atomic E-state index is 0.0895. The van der Waals surface area contributed by atoms with Gasteiger partial charge in [0.05, 0.1) is 17.7 Å². The van der Waals surface area contributed by atoms with E-state index in [4.69, 9.17) is 4.74 Å². The van der Waals surface area contributed by atoms with E-state index < -0.39 is 16.1 Å². The lowest BCUT2D eigenvalue weighted by atomic mass is 10.1. The maximum atomic E-state index is 13.4. The van der Waals surface area contributed by atoms with E-state index in [9.17, 15) is 19.7 Å². The van der Waals surface area contributed by atoms with Crippen molar-refractivity contribution in [2.45, 2.75) is 10.1 Å². The van der Waals surface area contributed by atoms with Crippen molar-refractivity contribution in [1.29, 1.82) is 0 Å². The van der Waals surface area contributed by atoms with E-state index in [1.165, 1.54) is 36.0 Å². The van der Waals surface area contributed by atoms with Crippen LogP contribution in [-0.4, -0.2) is 23.8 Å². The number of thioether (sulfide) groups is 1. The second kappa shape index (κ2) is 11.9. The van der Waals surface area contributed by atoms with Crippen molar-refractivity contribution >= 4 is 40.6 Å². The van der Waals surface area contributed by atoms with Gasteiger partial charge >= 0.3 is 0 Å². The molecule has 1 atom stereocenters. The first-order valence-corrected chi connectivity index (χ1v) is 12.1. The van der Waals surface area contributed by atoms with Gasteiger partial charge in [0, 0.05) is 28.3 Å². The number of nitro benzene ring substituents is 1. The van der Waals surface area contributed by atoms with E-state index in [2.05, 4.69) is 10.6 Å². The molecule has 1 unspecified atom stereocenters. The topological polar surface area (TPSA) is 111 Å². The summed E-state index contributed by atoms with van der Waals surface area (Å²) in [6.45, 7) is 0. The van der Waals surface area contributed by atoms with E-state index in [0.29, 0.717) is 22.7 Å². The lowest BCUT2D eigenvalue weighted by molar-refractivity contribution is -0.384. The number of nitro groups is 1. The largest absolute Gasteiger partial charge is 0.495 e. The quantitative estimate of drug-likeness (QED) is 0.154. The third kappa shape index (κ3) is 6.53. The molecule has 8 nitrogen and oxygen atoms in total. The van der Waals surface area contributed by atoms with Gasteiger partial charge in [-0.2, -0.15) is 0 Å². The van der Waals surface area contributed by atoms with Crippen LogP contribution in [0.3, 0.4) is 0 Å². The van der Waals surface area contributed by atoms with Crippen LogP contribution in [0, 0.1) is 10.1 Å². The predicted octanol–water partition coefficient (Wildman–Crippen LogP) is 6.33. The molecule has 4 rings (SSSR count). The van der Waals surface area contributed by atoms with Crippen LogP contribution in [0.15, 0.2) is 108 Å². The summed E-state index contributed by atoms with van der Waals surface area (Å²) >= 11 is 1.35. The number of non-ortho nitro benzene ring substituents is 1. The highest BCUT2D eigenvalue weighted by Gasteiger charge is 2.23. The molecule has 186 valence electrons. The van der Waals surface area contributed by atoms with E-state index in [-0.39, 0.29) is 11.6 Å². The highest BCUT2D eigenvalue weighted by Crippen LogP contribution is 2.38. The predicted molar refractivity (Wildman–Crippen MR) is 144 cm³/mol. The van der Waals surface area contributed by atoms with Gasteiger partial charge in [-0.15, -0.1) is 11.8 Å². The molecular weight excluding hydrogens is 490 g/mol. The van der Waals surface area contributed by atoms with Crippen molar-refractivity contribution in [3.05, 3.63) is 124 Å². The molecule has 0 fully saturated rings. The van der Waals surface area contributed by atoms with Gasteiger partial charge < -0.3 is 15.4 Å². The Morgan fingerprint density at radius 2 is 1.57 bits per heavy atom. The number of anilines is 2. The highest BCUT2D eigenvalue weighted by molar-refractivity contribution is 8.00. The molecule has 0 bridgehead atoms. The Hall–Kier alpha value is -4.63. The fourth-order valence-electron chi connectivity index (χ4n) is 3.57. The molecule has 0 spiro atoms. The molecule has 0 heterocycles. The standard InChI is InChI=1S/C28H23N3O5S/c1-36-25-13-6-5-12-24(25)30-28(33)26(19-8-3-2-4-9-19)37-23-11-7-10-21(18-23)29-27(32)20-14-16-22(17-15-20)31(34)35/h2-18,26H,1H3,(H,29,32)(H,30,33). The first-order chi connectivity index (χ1) is 17.9. The number of carbonyl (C=O) groups excluding carboxylic acids is 2. The van der Waals surface area contributed by atoms with Crippen molar-refractivity contribution in [1.82, 2.24) is 0 Å². The summed E-state index contributed by atoms with van der Waals surface area (Å²) in [5.41, 5.74) is 2.13. The van der Waals surface area contributed by atoms with Crippen LogP contribution in [0.25, 0.3) is 0 Å². The first-order valence-electron chi connectivity index (χ1n) is 11.3. The van der Waals surface area contributed by atoms with Crippen LogP contribution in [0.5, 0.6) is 5.75 Å². The third-order valence-electron chi connectivity index (χ3n) is 5.39. The molecule has 9 heteroatoms. The van der Waals surface area contributed by atoms with Gasteiger partial charge in [-0.1, -0.05) is 48.5 Å². The Bertz CT molecular complexity index is 1410. The smallest absolute Gasteiger partial charge is 0.269 e.